The first-order valence-corrected chi connectivity index (χ1v) is 13.5. The van der Waals surface area contributed by atoms with Crippen LogP contribution in [0.3, 0.4) is 0 Å². The van der Waals surface area contributed by atoms with Crippen molar-refractivity contribution in [2.75, 3.05) is 27.2 Å². The molecule has 0 spiro atoms. The number of amides is 2. The number of carbonyl (C=O) groups is 2. The molecule has 2 saturated carbocycles. The van der Waals surface area contributed by atoms with Gasteiger partial charge in [-0.05, 0) is 43.1 Å². The normalized spacial score (nSPS) is 24.9. The summed E-state index contributed by atoms with van der Waals surface area (Å²) in [5.41, 5.74) is -0.552. The molecule has 0 aromatic carbocycles. The van der Waals surface area contributed by atoms with E-state index < -0.39 is 11.0 Å². The fraction of sp³-hybridized carbons (Fsp3) is 0.750. The van der Waals surface area contributed by atoms with Crippen LogP contribution in [0.5, 0.6) is 0 Å². The van der Waals surface area contributed by atoms with E-state index in [4.69, 9.17) is 0 Å². The van der Waals surface area contributed by atoms with Gasteiger partial charge < -0.3 is 19.5 Å². The van der Waals surface area contributed by atoms with Gasteiger partial charge in [0.15, 0.2) is 0 Å². The van der Waals surface area contributed by atoms with Crippen molar-refractivity contribution in [2.24, 2.45) is 11.3 Å². The average molecular weight is 486 g/mol. The van der Waals surface area contributed by atoms with E-state index in [-0.39, 0.29) is 29.8 Å². The van der Waals surface area contributed by atoms with E-state index in [0.29, 0.717) is 37.4 Å². The number of carbonyl (C=O) groups excluding carboxylic acids is 2. The first kappa shape index (κ1) is 25.9. The molecule has 1 unspecified atom stereocenters. The van der Waals surface area contributed by atoms with Crippen molar-refractivity contribution in [3.63, 3.8) is 0 Å². The number of hydrogen-bond donors (Lipinski definition) is 1. The largest absolute Gasteiger partial charge is 0.387 e. The lowest BCUT2D eigenvalue weighted by Crippen LogP contribution is -2.60. The number of piperidine rings is 1. The second kappa shape index (κ2) is 10.1. The lowest BCUT2D eigenvalue weighted by molar-refractivity contribution is -0.154. The van der Waals surface area contributed by atoms with Crippen LogP contribution in [0.4, 0.5) is 0 Å². The maximum atomic E-state index is 13.0. The molecular weight excluding hydrogens is 442 g/mol. The van der Waals surface area contributed by atoms with Gasteiger partial charge in [0.2, 0.25) is 5.91 Å². The van der Waals surface area contributed by atoms with Gasteiger partial charge >= 0.3 is 0 Å². The first-order chi connectivity index (χ1) is 16.5. The van der Waals surface area contributed by atoms with Crippen LogP contribution in [0.1, 0.15) is 99.9 Å². The van der Waals surface area contributed by atoms with Crippen molar-refractivity contribution >= 4 is 11.8 Å². The molecule has 1 aromatic rings. The number of aliphatic hydroxyl groups is 1. The summed E-state index contributed by atoms with van der Waals surface area (Å²) >= 11 is 0. The average Bonchev–Trinajstić information content (AvgIpc) is 3.66. The fourth-order valence-corrected chi connectivity index (χ4v) is 5.97. The molecular formula is C28H43N3O4. The van der Waals surface area contributed by atoms with Crippen molar-refractivity contribution in [1.29, 1.82) is 0 Å². The third kappa shape index (κ3) is 5.65. The Labute approximate surface area is 209 Å². The summed E-state index contributed by atoms with van der Waals surface area (Å²) in [6, 6.07) is 1.59. The molecule has 1 saturated heterocycles. The predicted molar refractivity (Wildman–Crippen MR) is 136 cm³/mol. The van der Waals surface area contributed by atoms with Crippen molar-refractivity contribution in [3.05, 3.63) is 33.7 Å². The van der Waals surface area contributed by atoms with E-state index in [2.05, 4.69) is 0 Å². The Morgan fingerprint density at radius 1 is 1.11 bits per heavy atom. The molecule has 7 heteroatoms. The number of hydrogen-bond acceptors (Lipinski definition) is 4. The van der Waals surface area contributed by atoms with Crippen LogP contribution in [0, 0.1) is 11.3 Å². The molecule has 1 atom stereocenters. The van der Waals surface area contributed by atoms with Crippen LogP contribution in [-0.2, 0) is 11.3 Å². The highest BCUT2D eigenvalue weighted by atomic mass is 16.3. The number of likely N-dealkylation sites (tertiary alicyclic amines) is 1. The summed E-state index contributed by atoms with van der Waals surface area (Å²) < 4.78 is 1.50. The second-order valence-electron chi connectivity index (χ2n) is 12.1. The molecule has 2 amide bonds. The highest BCUT2D eigenvalue weighted by Gasteiger charge is 2.49. The van der Waals surface area contributed by atoms with E-state index in [0.717, 1.165) is 24.8 Å². The van der Waals surface area contributed by atoms with Gasteiger partial charge in [-0.2, -0.15) is 0 Å². The van der Waals surface area contributed by atoms with Crippen LogP contribution < -0.4 is 5.56 Å². The zero-order valence-corrected chi connectivity index (χ0v) is 22.0. The van der Waals surface area contributed by atoms with Crippen LogP contribution in [0.2, 0.25) is 0 Å². The maximum absolute atomic E-state index is 13.0. The van der Waals surface area contributed by atoms with E-state index >= 15 is 0 Å². The Morgan fingerprint density at radius 3 is 2.40 bits per heavy atom. The predicted octanol–water partition coefficient (Wildman–Crippen LogP) is 3.78. The molecule has 0 radical (unpaired) electrons. The molecule has 2 heterocycles. The molecule has 1 aromatic heterocycles. The fourth-order valence-electron chi connectivity index (χ4n) is 5.97. The Hall–Kier alpha value is -2.15. The number of rotatable bonds is 7. The third-order valence-corrected chi connectivity index (χ3v) is 8.73. The zero-order chi connectivity index (χ0) is 25.4. The quantitative estimate of drug-likeness (QED) is 0.637. The molecule has 1 aliphatic heterocycles. The van der Waals surface area contributed by atoms with E-state index in [1.165, 1.54) is 41.6 Å². The summed E-state index contributed by atoms with van der Waals surface area (Å²) in [6.45, 7) is 5.01. The number of aromatic nitrogens is 1. The Bertz CT molecular complexity index is 1000. The van der Waals surface area contributed by atoms with Gasteiger partial charge in [-0.15, -0.1) is 0 Å². The van der Waals surface area contributed by atoms with Gasteiger partial charge in [0.1, 0.15) is 0 Å². The smallest absolute Gasteiger partial charge is 0.255 e. The summed E-state index contributed by atoms with van der Waals surface area (Å²) in [5, 5.41) is 11.7. The molecule has 3 aliphatic rings. The summed E-state index contributed by atoms with van der Waals surface area (Å²) in [7, 11) is 3.43. The number of nitrogens with zero attached hydrogens (tertiary/aromatic N) is 3. The van der Waals surface area contributed by atoms with Gasteiger partial charge in [-0.1, -0.05) is 46.0 Å². The minimum Gasteiger partial charge on any atom is -0.387 e. The second-order valence-corrected chi connectivity index (χ2v) is 12.1. The van der Waals surface area contributed by atoms with Gasteiger partial charge in [-0.3, -0.25) is 14.4 Å². The minimum atomic E-state index is -1.16. The van der Waals surface area contributed by atoms with E-state index in [1.54, 1.807) is 26.4 Å². The summed E-state index contributed by atoms with van der Waals surface area (Å²) in [6.07, 6.45) is 12.0. The van der Waals surface area contributed by atoms with Crippen LogP contribution in [0.25, 0.3) is 0 Å². The Kier molecular flexibility index (Phi) is 7.46. The summed E-state index contributed by atoms with van der Waals surface area (Å²) in [5.74, 6) is 1.01. The van der Waals surface area contributed by atoms with Crippen LogP contribution >= 0.6 is 0 Å². The van der Waals surface area contributed by atoms with E-state index in [1.807, 2.05) is 18.7 Å². The minimum absolute atomic E-state index is 0.113. The molecule has 35 heavy (non-hydrogen) atoms. The maximum Gasteiger partial charge on any atom is 0.255 e. The monoisotopic (exact) mass is 485 g/mol. The Morgan fingerprint density at radius 2 is 1.80 bits per heavy atom. The molecule has 7 nitrogen and oxygen atoms in total. The molecule has 1 N–H and O–H groups in total. The van der Waals surface area contributed by atoms with Crippen molar-refractivity contribution in [1.82, 2.24) is 14.4 Å². The Balaban J connectivity index is 1.47. The lowest BCUT2D eigenvalue weighted by Gasteiger charge is -2.50. The van der Waals surface area contributed by atoms with Crippen molar-refractivity contribution in [3.8, 4) is 0 Å². The molecule has 2 aliphatic carbocycles. The van der Waals surface area contributed by atoms with Gasteiger partial charge in [0.05, 0.1) is 17.7 Å². The van der Waals surface area contributed by atoms with Gasteiger partial charge in [-0.25, -0.2) is 0 Å². The van der Waals surface area contributed by atoms with Gasteiger partial charge in [0.25, 0.3) is 11.5 Å². The SMILES string of the molecule is CN(C)C(=O)c1cn(CC2(O)CCN(C(=O)CCC3CCCCC3)CC2(C)C)c(=O)cc1C1CC1. The van der Waals surface area contributed by atoms with Crippen molar-refractivity contribution < 1.29 is 14.7 Å². The third-order valence-electron chi connectivity index (χ3n) is 8.73. The highest BCUT2D eigenvalue weighted by molar-refractivity contribution is 5.95. The first-order valence-electron chi connectivity index (χ1n) is 13.5. The summed E-state index contributed by atoms with van der Waals surface area (Å²) in [4.78, 5) is 42.3. The van der Waals surface area contributed by atoms with Crippen molar-refractivity contribution in [2.45, 2.75) is 96.1 Å². The van der Waals surface area contributed by atoms with Crippen LogP contribution in [0.15, 0.2) is 17.1 Å². The lowest BCUT2D eigenvalue weighted by atomic mass is 9.69. The molecule has 194 valence electrons. The molecule has 0 bridgehead atoms. The van der Waals surface area contributed by atoms with Gasteiger partial charge in [0, 0.05) is 51.3 Å². The molecule has 4 rings (SSSR count). The number of pyridine rings is 1. The van der Waals surface area contributed by atoms with Crippen LogP contribution in [-0.4, -0.2) is 64.1 Å². The highest BCUT2D eigenvalue weighted by Crippen LogP contribution is 2.42. The zero-order valence-electron chi connectivity index (χ0n) is 22.0. The van der Waals surface area contributed by atoms with E-state index in [9.17, 15) is 19.5 Å². The molecule has 3 fully saturated rings. The standard InChI is InChI=1S/C28H43N3O4/c1-27(2)18-30(24(32)13-10-20-8-6-5-7-9-20)15-14-28(27,35)19-31-17-23(26(34)29(3)4)22(16-25(31)33)21-11-12-21/h16-17,20-21,35H,5-15,18-19H2,1-4H3. The topological polar surface area (TPSA) is 82.8 Å².